The number of hydrogen-bond acceptors (Lipinski definition) is 1. The summed E-state index contributed by atoms with van der Waals surface area (Å²) in [6.45, 7) is 11.7. The van der Waals surface area contributed by atoms with Crippen molar-refractivity contribution >= 4 is 5.91 Å². The van der Waals surface area contributed by atoms with Gasteiger partial charge in [0.05, 0.1) is 0 Å². The fourth-order valence-electron chi connectivity index (χ4n) is 2.50. The van der Waals surface area contributed by atoms with Crippen LogP contribution < -0.4 is 5.32 Å². The summed E-state index contributed by atoms with van der Waals surface area (Å²) in [5, 5.41) is 3.13. The number of carbonyl (C=O) groups is 1. The Morgan fingerprint density at radius 2 is 1.81 bits per heavy atom. The van der Waals surface area contributed by atoms with Crippen LogP contribution in [0.1, 0.15) is 59.4 Å². The molecule has 118 valence electrons. The second kappa shape index (κ2) is 8.21. The van der Waals surface area contributed by atoms with E-state index in [1.54, 1.807) is 0 Å². The topological polar surface area (TPSA) is 29.1 Å². The standard InChI is InChI=1S/C19H31NO/c1-6-15(3)13-17(19(4,5)7-2)18(21)20-14-16-11-9-8-10-12-16/h8-12,15,17H,6-7,13-14H2,1-5H3,(H,20,21). The molecule has 2 nitrogen and oxygen atoms in total. The van der Waals surface area contributed by atoms with Crippen molar-refractivity contribution in [3.05, 3.63) is 35.9 Å². The highest BCUT2D eigenvalue weighted by atomic mass is 16.1. The van der Waals surface area contributed by atoms with Crippen LogP contribution in [-0.2, 0) is 11.3 Å². The van der Waals surface area contributed by atoms with E-state index in [0.717, 1.165) is 24.8 Å². The molecule has 1 N–H and O–H groups in total. The van der Waals surface area contributed by atoms with Gasteiger partial charge < -0.3 is 5.32 Å². The van der Waals surface area contributed by atoms with Gasteiger partial charge in [-0.1, -0.05) is 77.8 Å². The zero-order valence-electron chi connectivity index (χ0n) is 14.3. The Labute approximate surface area is 130 Å². The lowest BCUT2D eigenvalue weighted by atomic mass is 9.72. The van der Waals surface area contributed by atoms with Gasteiger partial charge in [0.25, 0.3) is 0 Å². The highest BCUT2D eigenvalue weighted by Gasteiger charge is 2.34. The summed E-state index contributed by atoms with van der Waals surface area (Å²) in [5.74, 6) is 0.871. The van der Waals surface area contributed by atoms with Crippen molar-refractivity contribution in [3.8, 4) is 0 Å². The van der Waals surface area contributed by atoms with Gasteiger partial charge in [0.15, 0.2) is 0 Å². The van der Waals surface area contributed by atoms with Crippen molar-refractivity contribution in [2.45, 2.75) is 60.4 Å². The highest BCUT2D eigenvalue weighted by Crippen LogP contribution is 2.35. The number of nitrogens with one attached hydrogen (secondary N) is 1. The van der Waals surface area contributed by atoms with E-state index < -0.39 is 0 Å². The molecule has 0 aliphatic carbocycles. The summed E-state index contributed by atoms with van der Waals surface area (Å²) in [5.41, 5.74) is 1.20. The normalized spacial score (nSPS) is 14.5. The SMILES string of the molecule is CCC(C)CC(C(=O)NCc1ccccc1)C(C)(C)CC. The first-order valence-corrected chi connectivity index (χ1v) is 8.22. The van der Waals surface area contributed by atoms with Crippen molar-refractivity contribution in [2.75, 3.05) is 0 Å². The van der Waals surface area contributed by atoms with Crippen molar-refractivity contribution in [2.24, 2.45) is 17.3 Å². The lowest BCUT2D eigenvalue weighted by Crippen LogP contribution is -2.39. The Hall–Kier alpha value is -1.31. The number of hydrogen-bond donors (Lipinski definition) is 1. The number of amides is 1. The van der Waals surface area contributed by atoms with E-state index in [1.165, 1.54) is 0 Å². The molecule has 1 amide bonds. The first kappa shape index (κ1) is 17.7. The molecule has 1 rings (SSSR count). The van der Waals surface area contributed by atoms with E-state index in [9.17, 15) is 4.79 Å². The van der Waals surface area contributed by atoms with E-state index in [0.29, 0.717) is 12.5 Å². The maximum Gasteiger partial charge on any atom is 0.223 e. The smallest absolute Gasteiger partial charge is 0.223 e. The van der Waals surface area contributed by atoms with Crippen LogP contribution in [-0.4, -0.2) is 5.91 Å². The van der Waals surface area contributed by atoms with E-state index in [-0.39, 0.29) is 17.2 Å². The molecule has 0 spiro atoms. The molecule has 0 aromatic heterocycles. The van der Waals surface area contributed by atoms with Crippen molar-refractivity contribution < 1.29 is 4.79 Å². The van der Waals surface area contributed by atoms with Crippen LogP contribution >= 0.6 is 0 Å². The van der Waals surface area contributed by atoms with Crippen LogP contribution in [0.5, 0.6) is 0 Å². The predicted octanol–water partition coefficient (Wildman–Crippen LogP) is 4.79. The number of carbonyl (C=O) groups excluding carboxylic acids is 1. The van der Waals surface area contributed by atoms with E-state index in [1.807, 2.05) is 18.2 Å². The lowest BCUT2D eigenvalue weighted by molar-refractivity contribution is -0.129. The monoisotopic (exact) mass is 289 g/mol. The first-order chi connectivity index (χ1) is 9.90. The predicted molar refractivity (Wildman–Crippen MR) is 89.9 cm³/mol. The summed E-state index contributed by atoms with van der Waals surface area (Å²) in [6.07, 6.45) is 3.12. The third kappa shape index (κ3) is 5.53. The second-order valence-electron chi connectivity index (χ2n) is 6.85. The minimum Gasteiger partial charge on any atom is -0.352 e. The molecule has 0 fully saturated rings. The van der Waals surface area contributed by atoms with Gasteiger partial charge in [-0.05, 0) is 23.3 Å². The summed E-state index contributed by atoms with van der Waals surface area (Å²) >= 11 is 0. The molecular weight excluding hydrogens is 258 g/mol. The fourth-order valence-corrected chi connectivity index (χ4v) is 2.50. The molecule has 0 saturated carbocycles. The number of rotatable bonds is 8. The van der Waals surface area contributed by atoms with Crippen molar-refractivity contribution in [3.63, 3.8) is 0 Å². The third-order valence-corrected chi connectivity index (χ3v) is 4.82. The Balaban J connectivity index is 2.71. The molecule has 1 aromatic carbocycles. The molecule has 2 atom stereocenters. The Morgan fingerprint density at radius 3 is 2.33 bits per heavy atom. The molecule has 2 heteroatoms. The number of benzene rings is 1. The van der Waals surface area contributed by atoms with Crippen LogP contribution in [0.2, 0.25) is 0 Å². The van der Waals surface area contributed by atoms with E-state index in [4.69, 9.17) is 0 Å². The van der Waals surface area contributed by atoms with E-state index >= 15 is 0 Å². The molecule has 0 heterocycles. The first-order valence-electron chi connectivity index (χ1n) is 8.22. The molecule has 2 unspecified atom stereocenters. The third-order valence-electron chi connectivity index (χ3n) is 4.82. The summed E-state index contributed by atoms with van der Waals surface area (Å²) in [6, 6.07) is 10.1. The minimum absolute atomic E-state index is 0.0458. The van der Waals surface area contributed by atoms with Gasteiger partial charge in [0.1, 0.15) is 0 Å². The van der Waals surface area contributed by atoms with Crippen LogP contribution in [0.3, 0.4) is 0 Å². The molecule has 21 heavy (non-hydrogen) atoms. The average molecular weight is 289 g/mol. The minimum atomic E-state index is 0.0458. The zero-order valence-corrected chi connectivity index (χ0v) is 14.3. The molecule has 0 bridgehead atoms. The summed E-state index contributed by atoms with van der Waals surface area (Å²) in [4.78, 5) is 12.7. The van der Waals surface area contributed by atoms with Gasteiger partial charge in [-0.2, -0.15) is 0 Å². The van der Waals surface area contributed by atoms with Crippen LogP contribution in [0.25, 0.3) is 0 Å². The van der Waals surface area contributed by atoms with Gasteiger partial charge in [-0.15, -0.1) is 0 Å². The average Bonchev–Trinajstić information content (AvgIpc) is 2.50. The largest absolute Gasteiger partial charge is 0.352 e. The summed E-state index contributed by atoms with van der Waals surface area (Å²) in [7, 11) is 0. The van der Waals surface area contributed by atoms with Gasteiger partial charge in [0.2, 0.25) is 5.91 Å². The highest BCUT2D eigenvalue weighted by molar-refractivity contribution is 5.79. The molecule has 1 aromatic rings. The van der Waals surface area contributed by atoms with Gasteiger partial charge in [-0.25, -0.2) is 0 Å². The molecular formula is C19H31NO. The van der Waals surface area contributed by atoms with Gasteiger partial charge in [0, 0.05) is 12.5 Å². The summed E-state index contributed by atoms with van der Waals surface area (Å²) < 4.78 is 0. The van der Waals surface area contributed by atoms with Gasteiger partial charge >= 0.3 is 0 Å². The maximum absolute atomic E-state index is 12.7. The van der Waals surface area contributed by atoms with Gasteiger partial charge in [-0.3, -0.25) is 4.79 Å². The molecule has 0 aliphatic heterocycles. The molecule has 0 radical (unpaired) electrons. The Kier molecular flexibility index (Phi) is 6.94. The second-order valence-corrected chi connectivity index (χ2v) is 6.85. The Bertz CT molecular complexity index is 424. The lowest BCUT2D eigenvalue weighted by Gasteiger charge is -2.34. The molecule has 0 saturated heterocycles. The van der Waals surface area contributed by atoms with Crippen molar-refractivity contribution in [1.29, 1.82) is 0 Å². The van der Waals surface area contributed by atoms with Crippen LogP contribution in [0, 0.1) is 17.3 Å². The van der Waals surface area contributed by atoms with Crippen LogP contribution in [0.15, 0.2) is 30.3 Å². The van der Waals surface area contributed by atoms with Crippen molar-refractivity contribution in [1.82, 2.24) is 5.32 Å². The quantitative estimate of drug-likeness (QED) is 0.732. The maximum atomic E-state index is 12.7. The fraction of sp³-hybridized carbons (Fsp3) is 0.632. The van der Waals surface area contributed by atoms with E-state index in [2.05, 4.69) is 52.1 Å². The van der Waals surface area contributed by atoms with Crippen LogP contribution in [0.4, 0.5) is 0 Å². The molecule has 0 aliphatic rings. The Morgan fingerprint density at radius 1 is 1.19 bits per heavy atom. The zero-order chi connectivity index (χ0) is 15.9.